The zero-order valence-corrected chi connectivity index (χ0v) is 11.9. The summed E-state index contributed by atoms with van der Waals surface area (Å²) in [5, 5.41) is 6.29. The Morgan fingerprint density at radius 3 is 2.70 bits per heavy atom. The van der Waals surface area contributed by atoms with Gasteiger partial charge in [0, 0.05) is 18.3 Å². The minimum absolute atomic E-state index is 0.0609. The van der Waals surface area contributed by atoms with E-state index in [9.17, 15) is 4.79 Å². The van der Waals surface area contributed by atoms with Gasteiger partial charge in [0.05, 0.1) is 6.54 Å². The number of rotatable bonds is 6. The minimum atomic E-state index is 0.0609. The molecule has 2 N–H and O–H groups in total. The monoisotopic (exact) mass is 273 g/mol. The SMILES string of the molecule is O=C(CNC1CC1)Nc1ccccc1CN1CCCC1. The minimum Gasteiger partial charge on any atom is -0.325 e. The highest BCUT2D eigenvalue weighted by Gasteiger charge is 2.21. The molecule has 1 aromatic carbocycles. The van der Waals surface area contributed by atoms with E-state index in [2.05, 4.69) is 21.6 Å². The predicted octanol–water partition coefficient (Wildman–Crippen LogP) is 1.97. The van der Waals surface area contributed by atoms with Crippen LogP contribution >= 0.6 is 0 Å². The van der Waals surface area contributed by atoms with E-state index >= 15 is 0 Å². The summed E-state index contributed by atoms with van der Waals surface area (Å²) >= 11 is 0. The molecule has 0 atom stereocenters. The highest BCUT2D eigenvalue weighted by atomic mass is 16.1. The third-order valence-corrected chi connectivity index (χ3v) is 4.01. The smallest absolute Gasteiger partial charge is 0.238 e. The molecule has 2 aliphatic rings. The summed E-state index contributed by atoms with van der Waals surface area (Å²) in [5.74, 6) is 0.0609. The summed E-state index contributed by atoms with van der Waals surface area (Å²) < 4.78 is 0. The highest BCUT2D eigenvalue weighted by molar-refractivity contribution is 5.93. The van der Waals surface area contributed by atoms with Crippen molar-refractivity contribution in [3.8, 4) is 0 Å². The third kappa shape index (κ3) is 3.81. The molecule has 2 fully saturated rings. The molecule has 4 nitrogen and oxygen atoms in total. The maximum absolute atomic E-state index is 11.9. The van der Waals surface area contributed by atoms with Gasteiger partial charge >= 0.3 is 0 Å². The maximum Gasteiger partial charge on any atom is 0.238 e. The average molecular weight is 273 g/mol. The number of likely N-dealkylation sites (tertiary alicyclic amines) is 1. The van der Waals surface area contributed by atoms with E-state index in [0.29, 0.717) is 12.6 Å². The van der Waals surface area contributed by atoms with Crippen LogP contribution in [0.1, 0.15) is 31.2 Å². The number of hydrogen-bond acceptors (Lipinski definition) is 3. The molecule has 4 heteroatoms. The van der Waals surface area contributed by atoms with Gasteiger partial charge in [0.1, 0.15) is 0 Å². The van der Waals surface area contributed by atoms with E-state index in [1.807, 2.05) is 18.2 Å². The summed E-state index contributed by atoms with van der Waals surface area (Å²) in [5.41, 5.74) is 2.18. The fraction of sp³-hybridized carbons (Fsp3) is 0.562. The Hall–Kier alpha value is -1.39. The Kier molecular flexibility index (Phi) is 4.33. The molecular formula is C16H23N3O. The molecule has 1 saturated carbocycles. The summed E-state index contributed by atoms with van der Waals surface area (Å²) in [4.78, 5) is 14.4. The van der Waals surface area contributed by atoms with Crippen molar-refractivity contribution >= 4 is 11.6 Å². The number of carbonyl (C=O) groups is 1. The van der Waals surface area contributed by atoms with Crippen LogP contribution in [0.15, 0.2) is 24.3 Å². The van der Waals surface area contributed by atoms with Gasteiger partial charge in [-0.1, -0.05) is 18.2 Å². The van der Waals surface area contributed by atoms with E-state index < -0.39 is 0 Å². The Balaban J connectivity index is 1.57. The van der Waals surface area contributed by atoms with Gasteiger partial charge in [0.25, 0.3) is 0 Å². The fourth-order valence-electron chi connectivity index (χ4n) is 2.68. The first kappa shape index (κ1) is 13.6. The van der Waals surface area contributed by atoms with Gasteiger partial charge in [-0.25, -0.2) is 0 Å². The Bertz CT molecular complexity index is 465. The molecule has 0 radical (unpaired) electrons. The van der Waals surface area contributed by atoms with Gasteiger partial charge in [0.2, 0.25) is 5.91 Å². The number of nitrogens with one attached hydrogen (secondary N) is 2. The zero-order chi connectivity index (χ0) is 13.8. The standard InChI is InChI=1S/C16H23N3O/c20-16(11-17-14-7-8-14)18-15-6-2-1-5-13(15)12-19-9-3-4-10-19/h1-2,5-6,14,17H,3-4,7-12H2,(H,18,20). The number of nitrogens with zero attached hydrogens (tertiary/aromatic N) is 1. The van der Waals surface area contributed by atoms with Crippen LogP contribution < -0.4 is 10.6 Å². The van der Waals surface area contributed by atoms with Crippen LogP contribution in [0.5, 0.6) is 0 Å². The van der Waals surface area contributed by atoms with Crippen LogP contribution in [0.2, 0.25) is 0 Å². The number of amides is 1. The first-order chi connectivity index (χ1) is 9.81. The molecule has 0 spiro atoms. The van der Waals surface area contributed by atoms with Crippen LogP contribution in [0, 0.1) is 0 Å². The van der Waals surface area contributed by atoms with E-state index in [4.69, 9.17) is 0 Å². The summed E-state index contributed by atoms with van der Waals surface area (Å²) in [7, 11) is 0. The van der Waals surface area contributed by atoms with Gasteiger partial charge < -0.3 is 10.6 Å². The van der Waals surface area contributed by atoms with Crippen LogP contribution in [0.25, 0.3) is 0 Å². The van der Waals surface area contributed by atoms with Crippen molar-refractivity contribution in [2.45, 2.75) is 38.3 Å². The Morgan fingerprint density at radius 1 is 1.20 bits per heavy atom. The summed E-state index contributed by atoms with van der Waals surface area (Å²) in [6.07, 6.45) is 5.00. The van der Waals surface area contributed by atoms with E-state index in [-0.39, 0.29) is 5.91 Å². The molecule has 0 bridgehead atoms. The molecule has 1 amide bonds. The van der Waals surface area contributed by atoms with Crippen LogP contribution in [0.3, 0.4) is 0 Å². The highest BCUT2D eigenvalue weighted by Crippen LogP contribution is 2.20. The second-order valence-corrected chi connectivity index (χ2v) is 5.84. The lowest BCUT2D eigenvalue weighted by Crippen LogP contribution is -2.30. The third-order valence-electron chi connectivity index (χ3n) is 4.01. The fourth-order valence-corrected chi connectivity index (χ4v) is 2.68. The molecule has 1 saturated heterocycles. The molecule has 0 aromatic heterocycles. The molecule has 1 aliphatic carbocycles. The topological polar surface area (TPSA) is 44.4 Å². The normalized spacial score (nSPS) is 19.2. The molecule has 3 rings (SSSR count). The van der Waals surface area contributed by atoms with Crippen LogP contribution in [0.4, 0.5) is 5.69 Å². The second kappa shape index (κ2) is 6.37. The quantitative estimate of drug-likeness (QED) is 0.833. The Labute approximate surface area is 120 Å². The molecule has 108 valence electrons. The molecule has 20 heavy (non-hydrogen) atoms. The maximum atomic E-state index is 11.9. The lowest BCUT2D eigenvalue weighted by atomic mass is 10.1. The first-order valence-electron chi connectivity index (χ1n) is 7.65. The lowest BCUT2D eigenvalue weighted by molar-refractivity contribution is -0.115. The number of anilines is 1. The number of benzene rings is 1. The van der Waals surface area contributed by atoms with Crippen molar-refractivity contribution in [3.63, 3.8) is 0 Å². The number of hydrogen-bond donors (Lipinski definition) is 2. The van der Waals surface area contributed by atoms with Crippen molar-refractivity contribution < 1.29 is 4.79 Å². The van der Waals surface area contributed by atoms with Crippen LogP contribution in [-0.4, -0.2) is 36.5 Å². The van der Waals surface area contributed by atoms with Crippen molar-refractivity contribution in [3.05, 3.63) is 29.8 Å². The molecule has 1 heterocycles. The number of para-hydroxylation sites is 1. The van der Waals surface area contributed by atoms with Crippen molar-refractivity contribution in [1.29, 1.82) is 0 Å². The molecular weight excluding hydrogens is 250 g/mol. The Morgan fingerprint density at radius 2 is 1.95 bits per heavy atom. The average Bonchev–Trinajstić information content (AvgIpc) is 3.15. The zero-order valence-electron chi connectivity index (χ0n) is 11.9. The second-order valence-electron chi connectivity index (χ2n) is 5.84. The molecule has 1 aromatic rings. The van der Waals surface area contributed by atoms with Crippen molar-refractivity contribution in [2.24, 2.45) is 0 Å². The van der Waals surface area contributed by atoms with Gasteiger partial charge in [-0.05, 0) is 50.4 Å². The lowest BCUT2D eigenvalue weighted by Gasteiger charge is -2.18. The van der Waals surface area contributed by atoms with Gasteiger partial charge in [-0.3, -0.25) is 9.69 Å². The van der Waals surface area contributed by atoms with E-state index in [1.165, 1.54) is 44.3 Å². The van der Waals surface area contributed by atoms with E-state index in [0.717, 1.165) is 12.2 Å². The van der Waals surface area contributed by atoms with Crippen molar-refractivity contribution in [2.75, 3.05) is 25.0 Å². The van der Waals surface area contributed by atoms with Crippen molar-refractivity contribution in [1.82, 2.24) is 10.2 Å². The van der Waals surface area contributed by atoms with Gasteiger partial charge in [-0.15, -0.1) is 0 Å². The van der Waals surface area contributed by atoms with E-state index in [1.54, 1.807) is 0 Å². The summed E-state index contributed by atoms with van der Waals surface area (Å²) in [6.45, 7) is 3.70. The van der Waals surface area contributed by atoms with Gasteiger partial charge in [0.15, 0.2) is 0 Å². The summed E-state index contributed by atoms with van der Waals surface area (Å²) in [6, 6.07) is 8.71. The molecule has 0 unspecified atom stereocenters. The molecule has 1 aliphatic heterocycles. The number of carbonyl (C=O) groups excluding carboxylic acids is 1. The van der Waals surface area contributed by atoms with Crippen LogP contribution in [-0.2, 0) is 11.3 Å². The largest absolute Gasteiger partial charge is 0.325 e. The first-order valence-corrected chi connectivity index (χ1v) is 7.65. The van der Waals surface area contributed by atoms with Gasteiger partial charge in [-0.2, -0.15) is 0 Å². The predicted molar refractivity (Wildman–Crippen MR) is 80.6 cm³/mol.